The molecule has 2 N–H and O–H groups in total. The number of sulfonamides is 1. The molecule has 0 saturated carbocycles. The first-order valence-electron chi connectivity index (χ1n) is 6.20. The van der Waals surface area contributed by atoms with Gasteiger partial charge in [0.15, 0.2) is 0 Å². The van der Waals surface area contributed by atoms with Gasteiger partial charge in [-0.2, -0.15) is 0 Å². The van der Waals surface area contributed by atoms with E-state index in [0.717, 1.165) is 4.88 Å². The number of hydrogen-bond donors (Lipinski definition) is 2. The minimum Gasteiger partial charge on any atom is -0.315 e. The van der Waals surface area contributed by atoms with Crippen molar-refractivity contribution in [2.45, 2.75) is 30.8 Å². The van der Waals surface area contributed by atoms with Gasteiger partial charge >= 0.3 is 0 Å². The SMILES string of the molecule is CNCc1cc(S(=O)(=O)NCC(C)(C)N(C)C)c(Br)s1. The zero-order chi connectivity index (χ0) is 15.6. The molecule has 0 fully saturated rings. The fourth-order valence-corrected chi connectivity index (χ4v) is 5.25. The normalized spacial score (nSPS) is 13.2. The molecule has 0 amide bonds. The highest BCUT2D eigenvalue weighted by molar-refractivity contribution is 9.11. The van der Waals surface area contributed by atoms with Gasteiger partial charge in [-0.1, -0.05) is 0 Å². The van der Waals surface area contributed by atoms with Gasteiger partial charge < -0.3 is 10.2 Å². The van der Waals surface area contributed by atoms with E-state index in [2.05, 4.69) is 26.0 Å². The van der Waals surface area contributed by atoms with Gasteiger partial charge in [-0.15, -0.1) is 11.3 Å². The Bertz CT molecular complexity index is 553. The maximum atomic E-state index is 12.4. The van der Waals surface area contributed by atoms with E-state index in [4.69, 9.17) is 0 Å². The molecule has 0 spiro atoms. The molecule has 5 nitrogen and oxygen atoms in total. The molecule has 0 aromatic carbocycles. The lowest BCUT2D eigenvalue weighted by molar-refractivity contribution is 0.199. The quantitative estimate of drug-likeness (QED) is 0.753. The van der Waals surface area contributed by atoms with E-state index >= 15 is 0 Å². The summed E-state index contributed by atoms with van der Waals surface area (Å²) in [5.74, 6) is 0. The molecule has 0 radical (unpaired) electrons. The lowest BCUT2D eigenvalue weighted by Gasteiger charge is -2.32. The Morgan fingerprint density at radius 3 is 2.50 bits per heavy atom. The van der Waals surface area contributed by atoms with Gasteiger partial charge in [0.2, 0.25) is 10.0 Å². The van der Waals surface area contributed by atoms with Crippen LogP contribution < -0.4 is 10.0 Å². The molecule has 1 rings (SSSR count). The van der Waals surface area contributed by atoms with Crippen LogP contribution in [0.1, 0.15) is 18.7 Å². The molecule has 0 bridgehead atoms. The van der Waals surface area contributed by atoms with Crippen LogP contribution in [-0.2, 0) is 16.6 Å². The van der Waals surface area contributed by atoms with Crippen molar-refractivity contribution in [3.8, 4) is 0 Å². The van der Waals surface area contributed by atoms with Crippen LogP contribution >= 0.6 is 27.3 Å². The number of rotatable bonds is 7. The predicted octanol–water partition coefficient (Wildman–Crippen LogP) is 1.85. The number of thiophene rings is 1. The van der Waals surface area contributed by atoms with E-state index in [-0.39, 0.29) is 5.54 Å². The third-order valence-electron chi connectivity index (χ3n) is 3.25. The van der Waals surface area contributed by atoms with Crippen molar-refractivity contribution in [2.24, 2.45) is 0 Å². The maximum absolute atomic E-state index is 12.4. The average molecular weight is 384 g/mol. The first kappa shape index (κ1) is 18.1. The highest BCUT2D eigenvalue weighted by atomic mass is 79.9. The summed E-state index contributed by atoms with van der Waals surface area (Å²) in [6.07, 6.45) is 0. The zero-order valence-corrected chi connectivity index (χ0v) is 15.7. The van der Waals surface area contributed by atoms with Crippen LogP contribution in [0.4, 0.5) is 0 Å². The Morgan fingerprint density at radius 1 is 1.40 bits per heavy atom. The fraction of sp³-hybridized carbons (Fsp3) is 0.667. The molecular weight excluding hydrogens is 362 g/mol. The minimum atomic E-state index is -3.50. The van der Waals surface area contributed by atoms with E-state index in [1.54, 1.807) is 6.07 Å². The Morgan fingerprint density at radius 2 is 2.00 bits per heavy atom. The van der Waals surface area contributed by atoms with Crippen LogP contribution in [0.2, 0.25) is 0 Å². The molecule has 0 aliphatic rings. The van der Waals surface area contributed by atoms with Crippen LogP contribution in [0.25, 0.3) is 0 Å². The molecule has 0 atom stereocenters. The van der Waals surface area contributed by atoms with E-state index < -0.39 is 10.0 Å². The summed E-state index contributed by atoms with van der Waals surface area (Å²) in [5, 5.41) is 3.01. The fourth-order valence-electron chi connectivity index (χ4n) is 1.35. The van der Waals surface area contributed by atoms with Gasteiger partial charge in [-0.25, -0.2) is 13.1 Å². The number of hydrogen-bond acceptors (Lipinski definition) is 5. The highest BCUT2D eigenvalue weighted by Crippen LogP contribution is 2.31. The second kappa shape index (κ2) is 6.85. The summed E-state index contributed by atoms with van der Waals surface area (Å²) in [5.41, 5.74) is -0.247. The largest absolute Gasteiger partial charge is 0.315 e. The Kier molecular flexibility index (Phi) is 6.18. The Balaban J connectivity index is 2.89. The highest BCUT2D eigenvalue weighted by Gasteiger charge is 2.26. The summed E-state index contributed by atoms with van der Waals surface area (Å²) in [7, 11) is 2.20. The van der Waals surface area contributed by atoms with Gasteiger partial charge in [-0.05, 0) is 57.0 Å². The molecule has 116 valence electrons. The third-order valence-corrected chi connectivity index (χ3v) is 6.91. The van der Waals surface area contributed by atoms with Gasteiger partial charge in [-0.3, -0.25) is 0 Å². The smallest absolute Gasteiger partial charge is 0.242 e. The number of likely N-dealkylation sites (N-methyl/N-ethyl adjacent to an activating group) is 1. The second-order valence-corrected chi connectivity index (χ2v) is 9.60. The summed E-state index contributed by atoms with van der Waals surface area (Å²) in [6, 6.07) is 1.70. The molecule has 1 heterocycles. The van der Waals surface area contributed by atoms with E-state index in [9.17, 15) is 8.42 Å². The van der Waals surface area contributed by atoms with Crippen molar-refractivity contribution in [1.29, 1.82) is 0 Å². The van der Waals surface area contributed by atoms with Crippen LogP contribution in [0.15, 0.2) is 14.7 Å². The topological polar surface area (TPSA) is 61.4 Å². The maximum Gasteiger partial charge on any atom is 0.242 e. The lowest BCUT2D eigenvalue weighted by Crippen LogP contribution is -2.48. The van der Waals surface area contributed by atoms with Crippen LogP contribution in [-0.4, -0.2) is 46.5 Å². The Labute approximate surface area is 133 Å². The molecule has 0 saturated heterocycles. The van der Waals surface area contributed by atoms with Crippen molar-refractivity contribution in [3.63, 3.8) is 0 Å². The second-order valence-electron chi connectivity index (χ2n) is 5.41. The van der Waals surface area contributed by atoms with Crippen molar-refractivity contribution in [1.82, 2.24) is 14.9 Å². The summed E-state index contributed by atoms with van der Waals surface area (Å²) >= 11 is 4.76. The van der Waals surface area contributed by atoms with Crippen molar-refractivity contribution < 1.29 is 8.42 Å². The molecule has 1 aromatic rings. The molecule has 0 unspecified atom stereocenters. The number of halogens is 1. The predicted molar refractivity (Wildman–Crippen MR) is 87.7 cm³/mol. The van der Waals surface area contributed by atoms with Crippen LogP contribution in [0, 0.1) is 0 Å². The first-order chi connectivity index (χ1) is 9.10. The first-order valence-corrected chi connectivity index (χ1v) is 9.29. The monoisotopic (exact) mass is 383 g/mol. The van der Waals surface area contributed by atoms with Gasteiger partial charge in [0, 0.05) is 23.5 Å². The van der Waals surface area contributed by atoms with Crippen LogP contribution in [0.3, 0.4) is 0 Å². The van der Waals surface area contributed by atoms with Gasteiger partial charge in [0.25, 0.3) is 0 Å². The molecule has 1 aromatic heterocycles. The Hall–Kier alpha value is 0.01000. The van der Waals surface area contributed by atoms with Crippen LogP contribution in [0.5, 0.6) is 0 Å². The summed E-state index contributed by atoms with van der Waals surface area (Å²) in [6.45, 7) is 4.99. The molecule has 8 heteroatoms. The lowest BCUT2D eigenvalue weighted by atomic mass is 10.1. The van der Waals surface area contributed by atoms with Crippen molar-refractivity contribution in [2.75, 3.05) is 27.7 Å². The van der Waals surface area contributed by atoms with E-state index in [1.165, 1.54) is 11.3 Å². The number of nitrogens with zero attached hydrogens (tertiary/aromatic N) is 1. The molecule has 0 aliphatic carbocycles. The van der Waals surface area contributed by atoms with Gasteiger partial charge in [0.05, 0.1) is 3.79 Å². The molecule has 0 aliphatic heterocycles. The average Bonchev–Trinajstić information content (AvgIpc) is 2.69. The number of nitrogens with one attached hydrogen (secondary N) is 2. The third kappa shape index (κ3) is 4.51. The van der Waals surface area contributed by atoms with Crippen molar-refractivity contribution in [3.05, 3.63) is 14.7 Å². The molecule has 20 heavy (non-hydrogen) atoms. The summed E-state index contributed by atoms with van der Waals surface area (Å²) < 4.78 is 28.0. The zero-order valence-electron chi connectivity index (χ0n) is 12.4. The van der Waals surface area contributed by atoms with E-state index in [0.29, 0.717) is 21.8 Å². The van der Waals surface area contributed by atoms with Gasteiger partial charge in [0.1, 0.15) is 4.90 Å². The molecular formula is C12H22BrN3O2S2. The standard InChI is InChI=1S/C12H22BrN3O2S2/c1-12(2,16(4)5)8-15-20(17,18)10-6-9(7-14-3)19-11(10)13/h6,14-15H,7-8H2,1-5H3. The van der Waals surface area contributed by atoms with E-state index in [1.807, 2.05) is 39.9 Å². The summed E-state index contributed by atoms with van der Waals surface area (Å²) in [4.78, 5) is 3.28. The van der Waals surface area contributed by atoms with Crippen molar-refractivity contribution >= 4 is 37.3 Å². The minimum absolute atomic E-state index is 0.247.